The van der Waals surface area contributed by atoms with E-state index >= 15 is 0 Å². The molecule has 0 saturated heterocycles. The van der Waals surface area contributed by atoms with Crippen LogP contribution in [0.25, 0.3) is 10.9 Å². The molecular formula is C12H12F3N3. The molecule has 6 heteroatoms. The quantitative estimate of drug-likeness (QED) is 0.839. The number of fused-ring (bicyclic) bond motifs is 1. The highest BCUT2D eigenvalue weighted by Crippen LogP contribution is 2.30. The number of aromatic nitrogens is 1. The Morgan fingerprint density at radius 2 is 2.00 bits per heavy atom. The van der Waals surface area contributed by atoms with Gasteiger partial charge in [-0.15, -0.1) is 0 Å². The van der Waals surface area contributed by atoms with Crippen molar-refractivity contribution in [3.05, 3.63) is 30.5 Å². The van der Waals surface area contributed by atoms with E-state index in [0.29, 0.717) is 22.3 Å². The van der Waals surface area contributed by atoms with Crippen LogP contribution < -0.4 is 10.6 Å². The Balaban J connectivity index is 2.49. The highest BCUT2D eigenvalue weighted by molar-refractivity contribution is 5.98. The van der Waals surface area contributed by atoms with Crippen molar-refractivity contribution < 1.29 is 13.2 Å². The van der Waals surface area contributed by atoms with Gasteiger partial charge >= 0.3 is 6.18 Å². The number of rotatable bonds is 2. The van der Waals surface area contributed by atoms with Crippen molar-refractivity contribution in [3.8, 4) is 0 Å². The molecule has 2 N–H and O–H groups in total. The summed E-state index contributed by atoms with van der Waals surface area (Å²) in [4.78, 5) is 5.23. The molecule has 0 amide bonds. The lowest BCUT2D eigenvalue weighted by Gasteiger charge is -2.22. The predicted octanol–water partition coefficient (Wildman–Crippen LogP) is 2.82. The zero-order valence-electron chi connectivity index (χ0n) is 9.70. The maximum atomic E-state index is 12.4. The van der Waals surface area contributed by atoms with Gasteiger partial charge in [0.05, 0.1) is 11.2 Å². The number of nitrogens with zero attached hydrogens (tertiary/aromatic N) is 2. The van der Waals surface area contributed by atoms with Crippen LogP contribution in [0.5, 0.6) is 0 Å². The smallest absolute Gasteiger partial charge is 0.397 e. The molecular weight excluding hydrogens is 243 g/mol. The van der Waals surface area contributed by atoms with Crippen LogP contribution in [0.4, 0.5) is 24.5 Å². The van der Waals surface area contributed by atoms with Gasteiger partial charge in [0.1, 0.15) is 6.54 Å². The third kappa shape index (κ3) is 2.47. The first-order chi connectivity index (χ1) is 8.38. The zero-order chi connectivity index (χ0) is 13.3. The Hall–Kier alpha value is -1.98. The van der Waals surface area contributed by atoms with Gasteiger partial charge in [0.25, 0.3) is 0 Å². The lowest BCUT2D eigenvalue weighted by Crippen LogP contribution is -2.30. The summed E-state index contributed by atoms with van der Waals surface area (Å²) in [7, 11) is 1.39. The number of nitrogen functional groups attached to an aromatic ring is 1. The fourth-order valence-corrected chi connectivity index (χ4v) is 1.87. The van der Waals surface area contributed by atoms with E-state index < -0.39 is 12.7 Å². The minimum Gasteiger partial charge on any atom is -0.397 e. The Kier molecular flexibility index (Phi) is 3.02. The van der Waals surface area contributed by atoms with Gasteiger partial charge < -0.3 is 10.6 Å². The summed E-state index contributed by atoms with van der Waals surface area (Å²) in [6, 6.07) is 6.52. The summed E-state index contributed by atoms with van der Waals surface area (Å²) in [5.74, 6) is 0. The molecule has 0 bridgehead atoms. The van der Waals surface area contributed by atoms with Crippen molar-refractivity contribution in [1.82, 2.24) is 4.98 Å². The molecule has 1 aromatic carbocycles. The third-order valence-electron chi connectivity index (χ3n) is 2.61. The Morgan fingerprint density at radius 3 is 2.67 bits per heavy atom. The number of nitrogens with two attached hydrogens (primary N) is 1. The van der Waals surface area contributed by atoms with Crippen LogP contribution in [0.15, 0.2) is 30.5 Å². The van der Waals surface area contributed by atoms with E-state index in [4.69, 9.17) is 5.73 Å². The van der Waals surface area contributed by atoms with Crippen LogP contribution >= 0.6 is 0 Å². The summed E-state index contributed by atoms with van der Waals surface area (Å²) in [5.41, 5.74) is 7.18. The lowest BCUT2D eigenvalue weighted by molar-refractivity contribution is -0.119. The Labute approximate surface area is 102 Å². The fraction of sp³-hybridized carbons (Fsp3) is 0.250. The second-order valence-electron chi connectivity index (χ2n) is 4.04. The van der Waals surface area contributed by atoms with Gasteiger partial charge in [-0.25, -0.2) is 0 Å². The van der Waals surface area contributed by atoms with E-state index in [1.54, 1.807) is 30.5 Å². The summed E-state index contributed by atoms with van der Waals surface area (Å²) < 4.78 is 37.2. The molecule has 0 aliphatic heterocycles. The summed E-state index contributed by atoms with van der Waals surface area (Å²) in [6.45, 7) is -1.01. The van der Waals surface area contributed by atoms with Gasteiger partial charge in [-0.2, -0.15) is 13.2 Å². The van der Waals surface area contributed by atoms with E-state index in [1.165, 1.54) is 7.05 Å². The normalized spacial score (nSPS) is 11.8. The SMILES string of the molecule is CN(CC(F)(F)F)c1ccc(N)c2ncccc12. The number of alkyl halides is 3. The van der Waals surface area contributed by atoms with E-state index in [9.17, 15) is 13.2 Å². The average molecular weight is 255 g/mol. The van der Waals surface area contributed by atoms with Crippen molar-refractivity contribution >= 4 is 22.3 Å². The maximum absolute atomic E-state index is 12.4. The minimum absolute atomic E-state index is 0.453. The van der Waals surface area contributed by atoms with Crippen molar-refractivity contribution in [2.24, 2.45) is 0 Å². The molecule has 0 aliphatic rings. The zero-order valence-corrected chi connectivity index (χ0v) is 9.70. The van der Waals surface area contributed by atoms with E-state index in [-0.39, 0.29) is 0 Å². The maximum Gasteiger partial charge on any atom is 0.405 e. The first kappa shape index (κ1) is 12.5. The molecule has 0 radical (unpaired) electrons. The van der Waals surface area contributed by atoms with E-state index in [0.717, 1.165) is 4.90 Å². The molecule has 2 rings (SSSR count). The number of pyridine rings is 1. The molecule has 18 heavy (non-hydrogen) atoms. The monoisotopic (exact) mass is 255 g/mol. The Morgan fingerprint density at radius 1 is 1.28 bits per heavy atom. The fourth-order valence-electron chi connectivity index (χ4n) is 1.87. The van der Waals surface area contributed by atoms with Crippen molar-refractivity contribution in [2.45, 2.75) is 6.18 Å². The molecule has 3 nitrogen and oxygen atoms in total. The number of halogens is 3. The molecule has 1 heterocycles. The van der Waals surface area contributed by atoms with Gasteiger partial charge in [-0.3, -0.25) is 4.98 Å². The molecule has 1 aromatic heterocycles. The summed E-state index contributed by atoms with van der Waals surface area (Å²) >= 11 is 0. The molecule has 0 spiro atoms. The standard InChI is InChI=1S/C12H12F3N3/c1-18(7-12(13,14)15)10-5-4-9(16)11-8(10)3-2-6-17-11/h2-6H,7,16H2,1H3. The van der Waals surface area contributed by atoms with Crippen LogP contribution in [0.1, 0.15) is 0 Å². The number of anilines is 2. The van der Waals surface area contributed by atoms with Crippen molar-refractivity contribution in [2.75, 3.05) is 24.2 Å². The molecule has 96 valence electrons. The Bertz CT molecular complexity index is 566. The highest BCUT2D eigenvalue weighted by atomic mass is 19.4. The average Bonchev–Trinajstić information content (AvgIpc) is 2.27. The molecule has 0 fully saturated rings. The second kappa shape index (κ2) is 4.36. The van der Waals surface area contributed by atoms with E-state index in [2.05, 4.69) is 4.98 Å². The van der Waals surface area contributed by atoms with Gasteiger partial charge in [-0.1, -0.05) is 0 Å². The van der Waals surface area contributed by atoms with Gasteiger partial charge in [0, 0.05) is 24.3 Å². The van der Waals surface area contributed by atoms with Crippen LogP contribution in [-0.2, 0) is 0 Å². The largest absolute Gasteiger partial charge is 0.405 e. The second-order valence-corrected chi connectivity index (χ2v) is 4.04. The van der Waals surface area contributed by atoms with Gasteiger partial charge in [0.15, 0.2) is 0 Å². The topological polar surface area (TPSA) is 42.1 Å². The molecule has 0 unspecified atom stereocenters. The third-order valence-corrected chi connectivity index (χ3v) is 2.61. The minimum atomic E-state index is -4.25. The number of hydrogen-bond donors (Lipinski definition) is 1. The lowest BCUT2D eigenvalue weighted by atomic mass is 10.1. The molecule has 2 aromatic rings. The van der Waals surface area contributed by atoms with Crippen LogP contribution in [-0.4, -0.2) is 24.8 Å². The van der Waals surface area contributed by atoms with Gasteiger partial charge in [-0.05, 0) is 24.3 Å². The highest BCUT2D eigenvalue weighted by Gasteiger charge is 2.29. The molecule has 0 aliphatic carbocycles. The van der Waals surface area contributed by atoms with E-state index in [1.807, 2.05) is 0 Å². The predicted molar refractivity (Wildman–Crippen MR) is 65.5 cm³/mol. The molecule has 0 saturated carbocycles. The van der Waals surface area contributed by atoms with Crippen molar-refractivity contribution in [3.63, 3.8) is 0 Å². The molecule has 0 atom stereocenters. The van der Waals surface area contributed by atoms with Crippen LogP contribution in [0.3, 0.4) is 0 Å². The summed E-state index contributed by atoms with van der Waals surface area (Å²) in [5, 5.41) is 0.615. The first-order valence-corrected chi connectivity index (χ1v) is 5.29. The van der Waals surface area contributed by atoms with Crippen LogP contribution in [0, 0.1) is 0 Å². The summed E-state index contributed by atoms with van der Waals surface area (Å²) in [6.07, 6.45) is -2.68. The number of benzene rings is 1. The van der Waals surface area contributed by atoms with Gasteiger partial charge in [0.2, 0.25) is 0 Å². The van der Waals surface area contributed by atoms with Crippen LogP contribution in [0.2, 0.25) is 0 Å². The van der Waals surface area contributed by atoms with Crippen molar-refractivity contribution in [1.29, 1.82) is 0 Å². The number of hydrogen-bond acceptors (Lipinski definition) is 3. The first-order valence-electron chi connectivity index (χ1n) is 5.29.